The summed E-state index contributed by atoms with van der Waals surface area (Å²) in [6.07, 6.45) is 2.19. The molecule has 1 fully saturated rings. The molecular formula is C17H26N2O2. The van der Waals surface area contributed by atoms with Crippen molar-refractivity contribution in [3.63, 3.8) is 0 Å². The van der Waals surface area contributed by atoms with E-state index in [0.29, 0.717) is 0 Å². The Balaban J connectivity index is 2.02. The fraction of sp³-hybridized carbons (Fsp3) is 0.588. The Morgan fingerprint density at radius 2 is 2.05 bits per heavy atom. The van der Waals surface area contributed by atoms with Crippen LogP contribution in [0.25, 0.3) is 0 Å². The molecule has 0 radical (unpaired) electrons. The number of carbonyl (C=O) groups is 1. The minimum Gasteiger partial charge on any atom is -0.496 e. The standard InChI is InChI=1S/C17H26N2O2/c1-12-7-9-19(10-8-12)17(20)18-14(3)15-11-13(2)5-6-16(15)21-4/h5-6,11-12,14H,7-10H2,1-4H3,(H,18,20). The van der Waals surface area contributed by atoms with Crippen LogP contribution >= 0.6 is 0 Å². The zero-order chi connectivity index (χ0) is 15.4. The molecule has 1 aliphatic heterocycles. The van der Waals surface area contributed by atoms with Crippen molar-refractivity contribution in [3.8, 4) is 5.75 Å². The van der Waals surface area contributed by atoms with Crippen LogP contribution in [0.5, 0.6) is 5.75 Å². The molecule has 116 valence electrons. The van der Waals surface area contributed by atoms with Gasteiger partial charge >= 0.3 is 6.03 Å². The lowest BCUT2D eigenvalue weighted by Crippen LogP contribution is -2.44. The second-order valence-corrected chi connectivity index (χ2v) is 6.09. The van der Waals surface area contributed by atoms with Crippen LogP contribution in [-0.4, -0.2) is 31.1 Å². The highest BCUT2D eigenvalue weighted by atomic mass is 16.5. The Bertz CT molecular complexity index is 494. The van der Waals surface area contributed by atoms with Gasteiger partial charge in [-0.1, -0.05) is 24.6 Å². The number of nitrogens with one attached hydrogen (secondary N) is 1. The summed E-state index contributed by atoms with van der Waals surface area (Å²) in [6.45, 7) is 8.00. The van der Waals surface area contributed by atoms with Gasteiger partial charge in [0.05, 0.1) is 13.2 Å². The molecule has 2 amide bonds. The summed E-state index contributed by atoms with van der Waals surface area (Å²) >= 11 is 0. The summed E-state index contributed by atoms with van der Waals surface area (Å²) in [5.41, 5.74) is 2.19. The fourth-order valence-corrected chi connectivity index (χ4v) is 2.76. The number of ether oxygens (including phenoxy) is 1. The van der Waals surface area contributed by atoms with Crippen LogP contribution in [0.3, 0.4) is 0 Å². The van der Waals surface area contributed by atoms with Crippen LogP contribution in [0.15, 0.2) is 18.2 Å². The van der Waals surface area contributed by atoms with Crippen LogP contribution in [0.2, 0.25) is 0 Å². The van der Waals surface area contributed by atoms with Crippen molar-refractivity contribution in [2.45, 2.75) is 39.7 Å². The molecule has 4 nitrogen and oxygen atoms in total. The molecule has 4 heteroatoms. The zero-order valence-electron chi connectivity index (χ0n) is 13.5. The summed E-state index contributed by atoms with van der Waals surface area (Å²) in [5.74, 6) is 1.55. The van der Waals surface area contributed by atoms with Gasteiger partial charge in [0.25, 0.3) is 0 Å². The van der Waals surface area contributed by atoms with Crippen molar-refractivity contribution >= 4 is 6.03 Å². The van der Waals surface area contributed by atoms with Crippen molar-refractivity contribution in [3.05, 3.63) is 29.3 Å². The van der Waals surface area contributed by atoms with E-state index < -0.39 is 0 Å². The van der Waals surface area contributed by atoms with E-state index in [9.17, 15) is 4.79 Å². The molecular weight excluding hydrogens is 264 g/mol. The molecule has 1 atom stereocenters. The highest BCUT2D eigenvalue weighted by Crippen LogP contribution is 2.26. The number of carbonyl (C=O) groups excluding carboxylic acids is 1. The molecule has 0 aromatic heterocycles. The number of methoxy groups -OCH3 is 1. The average molecular weight is 290 g/mol. The molecule has 0 saturated carbocycles. The van der Waals surface area contributed by atoms with Gasteiger partial charge in [-0.15, -0.1) is 0 Å². The van der Waals surface area contributed by atoms with E-state index in [2.05, 4.69) is 18.3 Å². The number of aryl methyl sites for hydroxylation is 1. The molecule has 1 unspecified atom stereocenters. The van der Waals surface area contributed by atoms with Gasteiger partial charge in [0, 0.05) is 18.7 Å². The smallest absolute Gasteiger partial charge is 0.317 e. The van der Waals surface area contributed by atoms with Gasteiger partial charge in [-0.25, -0.2) is 4.79 Å². The number of benzene rings is 1. The van der Waals surface area contributed by atoms with E-state index in [1.807, 2.05) is 30.9 Å². The highest BCUT2D eigenvalue weighted by Gasteiger charge is 2.22. The Hall–Kier alpha value is -1.71. The molecule has 1 aliphatic rings. The second-order valence-electron chi connectivity index (χ2n) is 6.09. The summed E-state index contributed by atoms with van der Waals surface area (Å²) in [5, 5.41) is 3.09. The Morgan fingerprint density at radius 3 is 2.67 bits per heavy atom. The maximum absolute atomic E-state index is 12.3. The van der Waals surface area contributed by atoms with E-state index in [0.717, 1.165) is 43.2 Å². The minimum atomic E-state index is -0.0632. The predicted octanol–water partition coefficient (Wildman–Crippen LogP) is 3.51. The molecule has 0 spiro atoms. The van der Waals surface area contributed by atoms with Gasteiger partial charge in [0.15, 0.2) is 0 Å². The van der Waals surface area contributed by atoms with E-state index in [-0.39, 0.29) is 12.1 Å². The number of amides is 2. The number of hydrogen-bond donors (Lipinski definition) is 1. The summed E-state index contributed by atoms with van der Waals surface area (Å²) in [6, 6.07) is 6.01. The maximum atomic E-state index is 12.3. The van der Waals surface area contributed by atoms with Gasteiger partial charge in [0.2, 0.25) is 0 Å². The van der Waals surface area contributed by atoms with Crippen LogP contribution in [0.4, 0.5) is 4.79 Å². The Labute approximate surface area is 127 Å². The molecule has 1 N–H and O–H groups in total. The van der Waals surface area contributed by atoms with Gasteiger partial charge in [0.1, 0.15) is 5.75 Å². The molecule has 21 heavy (non-hydrogen) atoms. The maximum Gasteiger partial charge on any atom is 0.317 e. The normalized spacial score (nSPS) is 17.4. The van der Waals surface area contributed by atoms with Crippen molar-refractivity contribution in [2.24, 2.45) is 5.92 Å². The summed E-state index contributed by atoms with van der Waals surface area (Å²) in [4.78, 5) is 14.3. The van der Waals surface area contributed by atoms with E-state index in [1.165, 1.54) is 5.56 Å². The third-order valence-electron chi connectivity index (χ3n) is 4.26. The predicted molar refractivity (Wildman–Crippen MR) is 84.6 cm³/mol. The molecule has 1 saturated heterocycles. The molecule has 1 heterocycles. The highest BCUT2D eigenvalue weighted by molar-refractivity contribution is 5.75. The van der Waals surface area contributed by atoms with Crippen LogP contribution in [-0.2, 0) is 0 Å². The van der Waals surface area contributed by atoms with Gasteiger partial charge in [-0.05, 0) is 38.7 Å². The lowest BCUT2D eigenvalue weighted by atomic mass is 9.99. The number of rotatable bonds is 3. The number of urea groups is 1. The van der Waals surface area contributed by atoms with Crippen molar-refractivity contribution < 1.29 is 9.53 Å². The third kappa shape index (κ3) is 3.90. The first-order valence-corrected chi connectivity index (χ1v) is 7.71. The SMILES string of the molecule is COc1ccc(C)cc1C(C)NC(=O)N1CCC(C)CC1. The first-order chi connectivity index (χ1) is 10.0. The largest absolute Gasteiger partial charge is 0.496 e. The van der Waals surface area contributed by atoms with E-state index >= 15 is 0 Å². The average Bonchev–Trinajstić information content (AvgIpc) is 2.47. The molecule has 1 aromatic rings. The lowest BCUT2D eigenvalue weighted by Gasteiger charge is -2.31. The minimum absolute atomic E-state index is 0.0259. The summed E-state index contributed by atoms with van der Waals surface area (Å²) < 4.78 is 5.40. The first kappa shape index (κ1) is 15.7. The van der Waals surface area contributed by atoms with Gasteiger partial charge in [-0.2, -0.15) is 0 Å². The Kier molecular flexibility index (Phi) is 5.10. The first-order valence-electron chi connectivity index (χ1n) is 7.71. The van der Waals surface area contributed by atoms with Crippen LogP contribution in [0, 0.1) is 12.8 Å². The Morgan fingerprint density at radius 1 is 1.38 bits per heavy atom. The van der Waals surface area contributed by atoms with E-state index in [4.69, 9.17) is 4.74 Å². The number of hydrogen-bond acceptors (Lipinski definition) is 2. The van der Waals surface area contributed by atoms with E-state index in [1.54, 1.807) is 7.11 Å². The fourth-order valence-electron chi connectivity index (χ4n) is 2.76. The van der Waals surface area contributed by atoms with Gasteiger partial charge in [-0.3, -0.25) is 0 Å². The van der Waals surface area contributed by atoms with Crippen molar-refractivity contribution in [2.75, 3.05) is 20.2 Å². The van der Waals surface area contributed by atoms with Crippen LogP contribution < -0.4 is 10.1 Å². The molecule has 0 aliphatic carbocycles. The van der Waals surface area contributed by atoms with Crippen LogP contribution in [0.1, 0.15) is 43.9 Å². The van der Waals surface area contributed by atoms with Gasteiger partial charge < -0.3 is 15.0 Å². The quantitative estimate of drug-likeness (QED) is 0.925. The number of nitrogens with zero attached hydrogens (tertiary/aromatic N) is 1. The molecule has 2 rings (SSSR count). The van der Waals surface area contributed by atoms with Crippen molar-refractivity contribution in [1.82, 2.24) is 10.2 Å². The number of piperidine rings is 1. The lowest BCUT2D eigenvalue weighted by molar-refractivity contribution is 0.171. The molecule has 0 bridgehead atoms. The molecule has 1 aromatic carbocycles. The second kappa shape index (κ2) is 6.83. The zero-order valence-corrected chi connectivity index (χ0v) is 13.5. The van der Waals surface area contributed by atoms with Crippen molar-refractivity contribution in [1.29, 1.82) is 0 Å². The third-order valence-corrected chi connectivity index (χ3v) is 4.26. The summed E-state index contributed by atoms with van der Waals surface area (Å²) in [7, 11) is 1.66. The monoisotopic (exact) mass is 290 g/mol. The topological polar surface area (TPSA) is 41.6 Å². The number of likely N-dealkylation sites (tertiary alicyclic amines) is 1.